The van der Waals surface area contributed by atoms with E-state index in [1.807, 2.05) is 0 Å². The van der Waals surface area contributed by atoms with Gasteiger partial charge in [-0.2, -0.15) is 0 Å². The number of hydrogen-bond acceptors (Lipinski definition) is 1. The normalized spacial score (nSPS) is 10.0. The molecule has 0 amide bonds. The van der Waals surface area contributed by atoms with Gasteiger partial charge in [0.25, 0.3) is 0 Å². The third kappa shape index (κ3) is 7.92. The van der Waals surface area contributed by atoms with Gasteiger partial charge in [-0.3, -0.25) is 0 Å². The van der Waals surface area contributed by atoms with Gasteiger partial charge in [-0.15, -0.1) is 0 Å². The van der Waals surface area contributed by atoms with E-state index >= 15 is 0 Å². The van der Waals surface area contributed by atoms with Crippen molar-refractivity contribution in [2.24, 2.45) is 0 Å². The maximum atomic E-state index is 5.26. The Morgan fingerprint density at radius 2 is 2.11 bits per heavy atom. The van der Waals surface area contributed by atoms with Gasteiger partial charge < -0.3 is 10.1 Å². The van der Waals surface area contributed by atoms with E-state index in [0.29, 0.717) is 0 Å². The maximum Gasteiger partial charge on any atom is 0.0775 e. The van der Waals surface area contributed by atoms with Crippen LogP contribution in [-0.2, 0) is 4.74 Å². The molecule has 0 aliphatic rings. The molecule has 2 nitrogen and oxygen atoms in total. The third-order valence-corrected chi connectivity index (χ3v) is 1.13. The number of nitrogens with two attached hydrogens (primary N) is 1. The Kier molecular flexibility index (Phi) is 7.85. The van der Waals surface area contributed by atoms with Gasteiger partial charge in [0, 0.05) is 13.0 Å². The van der Waals surface area contributed by atoms with E-state index in [-0.39, 0.29) is 0 Å². The standard InChI is InChI=1S/C7H17NO/c1-3-6-9-7-4-5-8-2/h8H,3-7H2,1-2H3/p+1. The summed E-state index contributed by atoms with van der Waals surface area (Å²) in [5.74, 6) is 0. The number of hydrogen-bond donors (Lipinski definition) is 1. The Labute approximate surface area is 57.6 Å². The zero-order valence-corrected chi connectivity index (χ0v) is 6.52. The van der Waals surface area contributed by atoms with Crippen LogP contribution in [0.1, 0.15) is 19.8 Å². The minimum Gasteiger partial charge on any atom is -0.381 e. The van der Waals surface area contributed by atoms with Crippen LogP contribution >= 0.6 is 0 Å². The molecule has 0 aromatic heterocycles. The largest absolute Gasteiger partial charge is 0.381 e. The topological polar surface area (TPSA) is 25.8 Å². The molecule has 0 aliphatic carbocycles. The third-order valence-electron chi connectivity index (χ3n) is 1.13. The van der Waals surface area contributed by atoms with Crippen molar-refractivity contribution in [3.8, 4) is 0 Å². The Hall–Kier alpha value is -0.0800. The Balaban J connectivity index is 2.60. The van der Waals surface area contributed by atoms with Crippen molar-refractivity contribution in [1.29, 1.82) is 0 Å². The second-order valence-electron chi connectivity index (χ2n) is 2.16. The van der Waals surface area contributed by atoms with Gasteiger partial charge in [-0.1, -0.05) is 6.92 Å². The smallest absolute Gasteiger partial charge is 0.0775 e. The highest BCUT2D eigenvalue weighted by atomic mass is 16.5. The zero-order valence-electron chi connectivity index (χ0n) is 6.52. The van der Waals surface area contributed by atoms with Crippen LogP contribution in [0.3, 0.4) is 0 Å². The molecule has 0 aromatic carbocycles. The van der Waals surface area contributed by atoms with Crippen molar-refractivity contribution in [3.63, 3.8) is 0 Å². The molecule has 56 valence electrons. The fourth-order valence-corrected chi connectivity index (χ4v) is 0.636. The van der Waals surface area contributed by atoms with Gasteiger partial charge >= 0.3 is 0 Å². The van der Waals surface area contributed by atoms with E-state index in [1.54, 1.807) is 0 Å². The van der Waals surface area contributed by atoms with E-state index in [4.69, 9.17) is 4.74 Å². The van der Waals surface area contributed by atoms with Crippen LogP contribution in [0.25, 0.3) is 0 Å². The molecule has 0 saturated carbocycles. The highest BCUT2D eigenvalue weighted by molar-refractivity contribution is 4.30. The molecule has 0 unspecified atom stereocenters. The molecular weight excluding hydrogens is 114 g/mol. The highest BCUT2D eigenvalue weighted by Gasteiger charge is 1.86. The average molecular weight is 132 g/mol. The van der Waals surface area contributed by atoms with Crippen LogP contribution in [0.4, 0.5) is 0 Å². The van der Waals surface area contributed by atoms with E-state index in [2.05, 4.69) is 19.3 Å². The van der Waals surface area contributed by atoms with E-state index < -0.39 is 0 Å². The number of rotatable bonds is 6. The lowest BCUT2D eigenvalue weighted by atomic mass is 10.4. The predicted molar refractivity (Wildman–Crippen MR) is 38.4 cm³/mol. The maximum absolute atomic E-state index is 5.26. The highest BCUT2D eigenvalue weighted by Crippen LogP contribution is 1.81. The van der Waals surface area contributed by atoms with E-state index in [9.17, 15) is 0 Å². The van der Waals surface area contributed by atoms with Crippen LogP contribution in [0.5, 0.6) is 0 Å². The average Bonchev–Trinajstić information content (AvgIpc) is 1.89. The molecule has 0 radical (unpaired) electrons. The first-order chi connectivity index (χ1) is 4.41. The van der Waals surface area contributed by atoms with Gasteiger partial charge in [0.2, 0.25) is 0 Å². The van der Waals surface area contributed by atoms with Gasteiger partial charge in [0.15, 0.2) is 0 Å². The molecule has 0 spiro atoms. The van der Waals surface area contributed by atoms with Gasteiger partial charge in [0.05, 0.1) is 20.2 Å². The van der Waals surface area contributed by atoms with Crippen molar-refractivity contribution in [2.75, 3.05) is 26.8 Å². The zero-order chi connectivity index (χ0) is 6.95. The summed E-state index contributed by atoms with van der Waals surface area (Å²) in [6, 6.07) is 0. The lowest BCUT2D eigenvalue weighted by molar-refractivity contribution is -0.627. The summed E-state index contributed by atoms with van der Waals surface area (Å²) in [5.41, 5.74) is 0. The minimum atomic E-state index is 0.920. The minimum absolute atomic E-state index is 0.920. The van der Waals surface area contributed by atoms with Gasteiger partial charge in [-0.25, -0.2) is 0 Å². The van der Waals surface area contributed by atoms with E-state index in [0.717, 1.165) is 19.6 Å². The molecule has 0 atom stereocenters. The lowest BCUT2D eigenvalue weighted by Gasteiger charge is -1.98. The summed E-state index contributed by atoms with van der Waals surface area (Å²) in [4.78, 5) is 0. The SMILES string of the molecule is CCCOCCC[NH2+]C. The Bertz CT molecular complexity index is 42.2. The van der Waals surface area contributed by atoms with Gasteiger partial charge in [0.1, 0.15) is 0 Å². The van der Waals surface area contributed by atoms with Crippen molar-refractivity contribution >= 4 is 0 Å². The van der Waals surface area contributed by atoms with Crippen LogP contribution in [-0.4, -0.2) is 26.8 Å². The number of quaternary nitrogens is 1. The first-order valence-electron chi connectivity index (χ1n) is 3.77. The fourth-order valence-electron chi connectivity index (χ4n) is 0.636. The van der Waals surface area contributed by atoms with Crippen LogP contribution in [0.15, 0.2) is 0 Å². The van der Waals surface area contributed by atoms with Crippen LogP contribution in [0.2, 0.25) is 0 Å². The molecule has 9 heavy (non-hydrogen) atoms. The summed E-state index contributed by atoms with van der Waals surface area (Å²) in [6.45, 7) is 5.16. The molecule has 0 fully saturated rings. The molecule has 2 N–H and O–H groups in total. The van der Waals surface area contributed by atoms with Crippen molar-refractivity contribution < 1.29 is 10.1 Å². The lowest BCUT2D eigenvalue weighted by Crippen LogP contribution is -2.79. The molecular formula is C7H18NO+. The summed E-state index contributed by atoms with van der Waals surface area (Å²) in [7, 11) is 2.08. The number of ether oxygens (including phenoxy) is 1. The second-order valence-corrected chi connectivity index (χ2v) is 2.16. The monoisotopic (exact) mass is 132 g/mol. The molecule has 0 bridgehead atoms. The first-order valence-corrected chi connectivity index (χ1v) is 3.77. The van der Waals surface area contributed by atoms with E-state index in [1.165, 1.54) is 13.0 Å². The van der Waals surface area contributed by atoms with Crippen molar-refractivity contribution in [2.45, 2.75) is 19.8 Å². The van der Waals surface area contributed by atoms with Crippen molar-refractivity contribution in [3.05, 3.63) is 0 Å². The molecule has 2 heteroatoms. The Morgan fingerprint density at radius 1 is 1.33 bits per heavy atom. The van der Waals surface area contributed by atoms with Gasteiger partial charge in [-0.05, 0) is 6.42 Å². The molecule has 0 aliphatic heterocycles. The van der Waals surface area contributed by atoms with Crippen LogP contribution in [0, 0.1) is 0 Å². The molecule has 0 heterocycles. The summed E-state index contributed by atoms with van der Waals surface area (Å²) in [5, 5.41) is 2.18. The fraction of sp³-hybridized carbons (Fsp3) is 1.00. The molecule has 0 rings (SSSR count). The first kappa shape index (κ1) is 8.92. The quantitative estimate of drug-likeness (QED) is 0.506. The summed E-state index contributed by atoms with van der Waals surface area (Å²) < 4.78 is 5.26. The summed E-state index contributed by atoms with van der Waals surface area (Å²) >= 11 is 0. The predicted octanol–water partition coefficient (Wildman–Crippen LogP) is -0.00370. The van der Waals surface area contributed by atoms with Crippen molar-refractivity contribution in [1.82, 2.24) is 0 Å². The Morgan fingerprint density at radius 3 is 2.67 bits per heavy atom. The molecule has 0 aromatic rings. The molecule has 0 saturated heterocycles. The second kappa shape index (κ2) is 7.92. The summed E-state index contributed by atoms with van der Waals surface area (Å²) in [6.07, 6.45) is 2.31. The van der Waals surface area contributed by atoms with Crippen LogP contribution < -0.4 is 5.32 Å².